The molecule has 0 saturated carbocycles. The number of carboxylic acid groups (broad SMARTS) is 1. The number of benzene rings is 1. The van der Waals surface area contributed by atoms with E-state index in [0.29, 0.717) is 12.8 Å². The van der Waals surface area contributed by atoms with Crippen molar-refractivity contribution in [2.75, 3.05) is 0 Å². The summed E-state index contributed by atoms with van der Waals surface area (Å²) in [6, 6.07) is 6.33. The molecule has 2 aromatic heterocycles. The van der Waals surface area contributed by atoms with Crippen molar-refractivity contribution in [3.8, 4) is 11.3 Å². The summed E-state index contributed by atoms with van der Waals surface area (Å²) < 4.78 is 15.2. The Morgan fingerprint density at radius 1 is 1.43 bits per heavy atom. The summed E-state index contributed by atoms with van der Waals surface area (Å²) in [6.07, 6.45) is 3.30. The lowest BCUT2D eigenvalue weighted by Crippen LogP contribution is -1.97. The number of rotatable bonds is 5. The number of carboxylic acids is 1. The quantitative estimate of drug-likeness (QED) is 0.783. The first kappa shape index (κ1) is 13.8. The lowest BCUT2D eigenvalue weighted by Gasteiger charge is -1.98. The first-order valence-corrected chi connectivity index (χ1v) is 7.44. The van der Waals surface area contributed by atoms with Gasteiger partial charge >= 0.3 is 5.97 Å². The zero-order valence-corrected chi connectivity index (χ0v) is 11.9. The Labute approximate surface area is 124 Å². The molecule has 0 unspecified atom stereocenters. The van der Waals surface area contributed by atoms with Crippen LogP contribution in [0.3, 0.4) is 0 Å². The molecule has 0 radical (unpaired) electrons. The number of carbonyl (C=O) groups is 1. The smallest absolute Gasteiger partial charge is 0.303 e. The number of hydrogen-bond acceptors (Lipinski definition) is 3. The zero-order valence-electron chi connectivity index (χ0n) is 11.1. The second kappa shape index (κ2) is 5.65. The highest BCUT2D eigenvalue weighted by Gasteiger charge is 2.10. The minimum Gasteiger partial charge on any atom is -0.481 e. The van der Waals surface area contributed by atoms with Crippen molar-refractivity contribution in [1.29, 1.82) is 0 Å². The van der Waals surface area contributed by atoms with Crippen LogP contribution in [0.1, 0.15) is 18.5 Å². The molecular formula is C15H13FN2O2S. The largest absolute Gasteiger partial charge is 0.481 e. The summed E-state index contributed by atoms with van der Waals surface area (Å²) in [5.41, 5.74) is 2.50. The molecule has 0 fully saturated rings. The second-order valence-corrected chi connectivity index (χ2v) is 5.60. The molecule has 0 aliphatic heterocycles. The van der Waals surface area contributed by atoms with Gasteiger partial charge in [-0.2, -0.15) is 0 Å². The van der Waals surface area contributed by atoms with Crippen LogP contribution in [0, 0.1) is 5.82 Å². The van der Waals surface area contributed by atoms with Crippen molar-refractivity contribution in [3.63, 3.8) is 0 Å². The Morgan fingerprint density at radius 3 is 3.05 bits per heavy atom. The van der Waals surface area contributed by atoms with Crippen molar-refractivity contribution in [3.05, 3.63) is 47.4 Å². The van der Waals surface area contributed by atoms with Gasteiger partial charge in [-0.25, -0.2) is 9.37 Å². The fourth-order valence-electron chi connectivity index (χ4n) is 2.22. The monoisotopic (exact) mass is 304 g/mol. The van der Waals surface area contributed by atoms with Gasteiger partial charge in [0.05, 0.1) is 5.69 Å². The molecule has 1 aromatic carbocycles. The van der Waals surface area contributed by atoms with Gasteiger partial charge in [-0.3, -0.25) is 9.20 Å². The van der Waals surface area contributed by atoms with Crippen molar-refractivity contribution in [2.24, 2.45) is 0 Å². The average Bonchev–Trinajstić information content (AvgIpc) is 3.00. The molecule has 0 spiro atoms. The third kappa shape index (κ3) is 2.95. The lowest BCUT2D eigenvalue weighted by molar-refractivity contribution is -0.137. The molecule has 3 rings (SSSR count). The van der Waals surface area contributed by atoms with E-state index in [4.69, 9.17) is 5.11 Å². The van der Waals surface area contributed by atoms with Gasteiger partial charge in [0, 0.05) is 29.3 Å². The Morgan fingerprint density at radius 2 is 2.29 bits per heavy atom. The van der Waals surface area contributed by atoms with Gasteiger partial charge in [-0.05, 0) is 25.0 Å². The molecule has 4 nitrogen and oxygen atoms in total. The van der Waals surface area contributed by atoms with E-state index in [0.717, 1.165) is 21.9 Å². The van der Waals surface area contributed by atoms with Crippen LogP contribution in [-0.4, -0.2) is 20.5 Å². The summed E-state index contributed by atoms with van der Waals surface area (Å²) in [5, 5.41) is 10.7. The van der Waals surface area contributed by atoms with Crippen LogP contribution in [0.4, 0.5) is 4.39 Å². The minimum atomic E-state index is -0.785. The van der Waals surface area contributed by atoms with Gasteiger partial charge in [-0.1, -0.05) is 12.1 Å². The minimum absolute atomic E-state index is 0.156. The van der Waals surface area contributed by atoms with Gasteiger partial charge in [0.25, 0.3) is 0 Å². The molecule has 0 aliphatic rings. The summed E-state index contributed by atoms with van der Waals surface area (Å²) >= 11 is 1.50. The van der Waals surface area contributed by atoms with Crippen molar-refractivity contribution < 1.29 is 14.3 Å². The summed E-state index contributed by atoms with van der Waals surface area (Å²) in [5.74, 6) is -1.07. The molecular weight excluding hydrogens is 291 g/mol. The van der Waals surface area contributed by atoms with Crippen molar-refractivity contribution in [2.45, 2.75) is 19.3 Å². The van der Waals surface area contributed by atoms with E-state index >= 15 is 0 Å². The van der Waals surface area contributed by atoms with Gasteiger partial charge < -0.3 is 5.11 Å². The summed E-state index contributed by atoms with van der Waals surface area (Å²) in [7, 11) is 0. The fraction of sp³-hybridized carbons (Fsp3) is 0.200. The third-order valence-corrected chi connectivity index (χ3v) is 4.12. The standard InChI is InChI=1S/C15H13FN2O2S/c16-11-4-1-3-10(7-11)13-8-18-12(5-2-6-14(19)20)9-21-15(18)17-13/h1,3-4,7-9H,2,5-6H2,(H,19,20). The molecule has 0 bridgehead atoms. The Kier molecular flexibility index (Phi) is 3.70. The van der Waals surface area contributed by atoms with Crippen LogP contribution in [0.2, 0.25) is 0 Å². The Bertz CT molecular complexity index is 794. The van der Waals surface area contributed by atoms with E-state index in [9.17, 15) is 9.18 Å². The highest BCUT2D eigenvalue weighted by atomic mass is 32.1. The molecule has 0 atom stereocenters. The van der Waals surface area contributed by atoms with Crippen LogP contribution in [0.15, 0.2) is 35.8 Å². The van der Waals surface area contributed by atoms with E-state index in [1.807, 2.05) is 22.0 Å². The Hall–Kier alpha value is -2.21. The second-order valence-electron chi connectivity index (χ2n) is 4.76. The highest BCUT2D eigenvalue weighted by Crippen LogP contribution is 2.24. The van der Waals surface area contributed by atoms with Crippen LogP contribution in [-0.2, 0) is 11.2 Å². The third-order valence-electron chi connectivity index (χ3n) is 3.23. The number of imidazole rings is 1. The summed E-state index contributed by atoms with van der Waals surface area (Å²) in [6.45, 7) is 0. The molecule has 2 heterocycles. The molecule has 21 heavy (non-hydrogen) atoms. The van der Waals surface area contributed by atoms with E-state index in [1.54, 1.807) is 6.07 Å². The first-order valence-electron chi connectivity index (χ1n) is 6.56. The molecule has 0 aliphatic carbocycles. The molecule has 6 heteroatoms. The lowest BCUT2D eigenvalue weighted by atomic mass is 10.2. The maximum Gasteiger partial charge on any atom is 0.303 e. The van der Waals surface area contributed by atoms with E-state index in [2.05, 4.69) is 4.98 Å². The van der Waals surface area contributed by atoms with Crippen LogP contribution < -0.4 is 0 Å². The van der Waals surface area contributed by atoms with Crippen molar-refractivity contribution in [1.82, 2.24) is 9.38 Å². The predicted molar refractivity (Wildman–Crippen MR) is 79.0 cm³/mol. The number of nitrogens with zero attached hydrogens (tertiary/aromatic N) is 2. The maximum atomic E-state index is 13.3. The number of thiazole rings is 1. The van der Waals surface area contributed by atoms with Crippen LogP contribution in [0.25, 0.3) is 16.2 Å². The van der Waals surface area contributed by atoms with Gasteiger partial charge in [-0.15, -0.1) is 11.3 Å². The van der Waals surface area contributed by atoms with Crippen LogP contribution >= 0.6 is 11.3 Å². The maximum absolute atomic E-state index is 13.3. The number of aryl methyl sites for hydroxylation is 1. The van der Waals surface area contributed by atoms with E-state index in [-0.39, 0.29) is 12.2 Å². The zero-order chi connectivity index (χ0) is 14.8. The number of aromatic nitrogens is 2. The molecule has 1 N–H and O–H groups in total. The SMILES string of the molecule is O=C(O)CCCc1csc2nc(-c3cccc(F)c3)cn12. The average molecular weight is 304 g/mol. The van der Waals surface area contributed by atoms with E-state index in [1.165, 1.54) is 23.5 Å². The normalized spacial score (nSPS) is 11.1. The Balaban J connectivity index is 1.87. The number of aliphatic carboxylic acids is 1. The number of hydrogen-bond donors (Lipinski definition) is 1. The molecule has 108 valence electrons. The number of fused-ring (bicyclic) bond motifs is 1. The van der Waals surface area contributed by atoms with Crippen molar-refractivity contribution >= 4 is 22.3 Å². The highest BCUT2D eigenvalue weighted by molar-refractivity contribution is 7.15. The predicted octanol–water partition coefficient (Wildman–Crippen LogP) is 3.61. The summed E-state index contributed by atoms with van der Waals surface area (Å²) in [4.78, 5) is 15.9. The topological polar surface area (TPSA) is 54.6 Å². The van der Waals surface area contributed by atoms with Gasteiger partial charge in [0.15, 0.2) is 4.96 Å². The molecule has 3 aromatic rings. The first-order chi connectivity index (χ1) is 10.1. The molecule has 0 saturated heterocycles. The van der Waals surface area contributed by atoms with Crippen LogP contribution in [0.5, 0.6) is 0 Å². The van der Waals surface area contributed by atoms with Gasteiger partial charge in [0.2, 0.25) is 0 Å². The molecule has 0 amide bonds. The fourth-order valence-corrected chi connectivity index (χ4v) is 3.12. The van der Waals surface area contributed by atoms with Gasteiger partial charge in [0.1, 0.15) is 5.82 Å². The van der Waals surface area contributed by atoms with E-state index < -0.39 is 5.97 Å². The number of halogens is 1.